The van der Waals surface area contributed by atoms with Gasteiger partial charge in [-0.25, -0.2) is 4.98 Å². The van der Waals surface area contributed by atoms with Crippen molar-refractivity contribution >= 4 is 33.4 Å². The molecule has 3 N–H and O–H groups in total. The standard InChI is InChI=1S/C19H21N3O.2C2H6/c1-2-11-21-18(23)10-8-13-7-9-17-15(12-13)19(20)14-5-3-4-6-16(14)22-17;2*1-2/h3-7,9,12H,2,8,10-11H2,1H3,(H2,20,22)(H,21,23);2*1-2H3. The van der Waals surface area contributed by atoms with Gasteiger partial charge in [-0.3, -0.25) is 4.79 Å². The van der Waals surface area contributed by atoms with Gasteiger partial charge in [0, 0.05) is 23.7 Å². The van der Waals surface area contributed by atoms with E-state index in [0.717, 1.165) is 46.0 Å². The molecule has 0 spiro atoms. The number of nitrogens with zero attached hydrogens (tertiary/aromatic N) is 1. The minimum absolute atomic E-state index is 0.0940. The van der Waals surface area contributed by atoms with Crippen LogP contribution in [0.3, 0.4) is 0 Å². The highest BCUT2D eigenvalue weighted by molar-refractivity contribution is 6.06. The SMILES string of the molecule is CC.CC.CCCNC(=O)CCc1ccc2nc3ccccc3c(N)c2c1. The molecule has 4 nitrogen and oxygen atoms in total. The number of amides is 1. The molecule has 0 aliphatic heterocycles. The number of nitrogens with one attached hydrogen (secondary N) is 1. The molecule has 0 saturated heterocycles. The average molecular weight is 368 g/mol. The van der Waals surface area contributed by atoms with Crippen molar-refractivity contribution in [3.63, 3.8) is 0 Å². The molecule has 0 saturated carbocycles. The maximum Gasteiger partial charge on any atom is 0.220 e. The van der Waals surface area contributed by atoms with E-state index in [0.29, 0.717) is 12.8 Å². The zero-order valence-electron chi connectivity index (χ0n) is 17.3. The fourth-order valence-corrected chi connectivity index (χ4v) is 2.74. The lowest BCUT2D eigenvalue weighted by molar-refractivity contribution is -0.121. The van der Waals surface area contributed by atoms with Crippen LogP contribution in [0.5, 0.6) is 0 Å². The number of rotatable bonds is 5. The number of para-hydroxylation sites is 1. The Hall–Kier alpha value is -2.62. The Labute approximate surface area is 163 Å². The molecule has 27 heavy (non-hydrogen) atoms. The number of aromatic nitrogens is 1. The summed E-state index contributed by atoms with van der Waals surface area (Å²) in [5, 5.41) is 4.82. The summed E-state index contributed by atoms with van der Waals surface area (Å²) in [4.78, 5) is 16.4. The van der Waals surface area contributed by atoms with Crippen molar-refractivity contribution in [2.24, 2.45) is 0 Å². The van der Waals surface area contributed by atoms with Gasteiger partial charge < -0.3 is 11.1 Å². The van der Waals surface area contributed by atoms with Crippen LogP contribution in [-0.4, -0.2) is 17.4 Å². The molecule has 0 radical (unpaired) electrons. The van der Waals surface area contributed by atoms with Crippen LogP contribution in [0.4, 0.5) is 5.69 Å². The summed E-state index contributed by atoms with van der Waals surface area (Å²) in [5.41, 5.74) is 9.98. The molecule has 0 atom stereocenters. The van der Waals surface area contributed by atoms with E-state index in [2.05, 4.69) is 16.4 Å². The molecule has 1 aromatic heterocycles. The Morgan fingerprint density at radius 1 is 1.00 bits per heavy atom. The third-order valence-corrected chi connectivity index (χ3v) is 4.00. The van der Waals surface area contributed by atoms with Gasteiger partial charge in [-0.05, 0) is 36.6 Å². The van der Waals surface area contributed by atoms with Gasteiger partial charge in [-0.2, -0.15) is 0 Å². The summed E-state index contributed by atoms with van der Waals surface area (Å²) in [7, 11) is 0. The van der Waals surface area contributed by atoms with Gasteiger partial charge in [0.25, 0.3) is 0 Å². The number of nitrogens with two attached hydrogens (primary N) is 1. The van der Waals surface area contributed by atoms with Crippen molar-refractivity contribution < 1.29 is 4.79 Å². The van der Waals surface area contributed by atoms with Crippen molar-refractivity contribution in [2.45, 2.75) is 53.9 Å². The van der Waals surface area contributed by atoms with E-state index in [4.69, 9.17) is 5.73 Å². The molecular weight excluding hydrogens is 334 g/mol. The third kappa shape index (κ3) is 5.95. The normalized spacial score (nSPS) is 9.81. The molecule has 1 heterocycles. The van der Waals surface area contributed by atoms with Crippen LogP contribution in [0, 0.1) is 0 Å². The second-order valence-corrected chi connectivity index (χ2v) is 5.74. The first-order valence-corrected chi connectivity index (χ1v) is 10.0. The minimum atomic E-state index is 0.0940. The van der Waals surface area contributed by atoms with Gasteiger partial charge in [0.1, 0.15) is 0 Å². The van der Waals surface area contributed by atoms with Crippen molar-refractivity contribution in [3.05, 3.63) is 48.0 Å². The lowest BCUT2D eigenvalue weighted by atomic mass is 10.0. The number of hydrogen-bond donors (Lipinski definition) is 2. The molecule has 3 aromatic rings. The minimum Gasteiger partial charge on any atom is -0.398 e. The molecule has 0 fully saturated rings. The van der Waals surface area contributed by atoms with Crippen molar-refractivity contribution in [1.29, 1.82) is 0 Å². The molecule has 0 bridgehead atoms. The smallest absolute Gasteiger partial charge is 0.220 e. The predicted octanol–water partition coefficient (Wildman–Crippen LogP) is 5.48. The molecule has 146 valence electrons. The van der Waals surface area contributed by atoms with E-state index < -0.39 is 0 Å². The van der Waals surface area contributed by atoms with Gasteiger partial charge in [0.05, 0.1) is 16.7 Å². The number of anilines is 1. The lowest BCUT2D eigenvalue weighted by Gasteiger charge is -2.09. The van der Waals surface area contributed by atoms with Gasteiger partial charge >= 0.3 is 0 Å². The van der Waals surface area contributed by atoms with Crippen molar-refractivity contribution in [1.82, 2.24) is 10.3 Å². The van der Waals surface area contributed by atoms with E-state index in [1.807, 2.05) is 71.0 Å². The number of benzene rings is 2. The Morgan fingerprint density at radius 3 is 2.37 bits per heavy atom. The van der Waals surface area contributed by atoms with Crippen LogP contribution in [0.2, 0.25) is 0 Å². The largest absolute Gasteiger partial charge is 0.398 e. The van der Waals surface area contributed by atoms with Gasteiger partial charge in [-0.1, -0.05) is 58.9 Å². The fraction of sp³-hybridized carbons (Fsp3) is 0.391. The highest BCUT2D eigenvalue weighted by atomic mass is 16.1. The number of carbonyl (C=O) groups excluding carboxylic acids is 1. The van der Waals surface area contributed by atoms with Crippen LogP contribution < -0.4 is 11.1 Å². The number of carbonyl (C=O) groups is 1. The Kier molecular flexibility index (Phi) is 9.88. The first-order valence-electron chi connectivity index (χ1n) is 10.0. The molecule has 2 aromatic carbocycles. The highest BCUT2D eigenvalue weighted by Gasteiger charge is 2.08. The summed E-state index contributed by atoms with van der Waals surface area (Å²) in [6, 6.07) is 13.9. The Morgan fingerprint density at radius 2 is 1.67 bits per heavy atom. The number of pyridine rings is 1. The van der Waals surface area contributed by atoms with Crippen LogP contribution in [0.15, 0.2) is 42.5 Å². The highest BCUT2D eigenvalue weighted by Crippen LogP contribution is 2.28. The first-order chi connectivity index (χ1) is 13.2. The molecule has 1 amide bonds. The molecule has 0 aliphatic rings. The summed E-state index contributed by atoms with van der Waals surface area (Å²) < 4.78 is 0. The number of nitrogen functional groups attached to an aromatic ring is 1. The third-order valence-electron chi connectivity index (χ3n) is 4.00. The lowest BCUT2D eigenvalue weighted by Crippen LogP contribution is -2.24. The summed E-state index contributed by atoms with van der Waals surface area (Å²) in [6.45, 7) is 10.8. The predicted molar refractivity (Wildman–Crippen MR) is 118 cm³/mol. The van der Waals surface area contributed by atoms with Gasteiger partial charge in [0.15, 0.2) is 0 Å². The van der Waals surface area contributed by atoms with Crippen LogP contribution in [0.25, 0.3) is 21.8 Å². The van der Waals surface area contributed by atoms with E-state index in [-0.39, 0.29) is 5.91 Å². The molecule has 0 aliphatic carbocycles. The number of fused-ring (bicyclic) bond motifs is 2. The molecular formula is C23H33N3O. The summed E-state index contributed by atoms with van der Waals surface area (Å²) >= 11 is 0. The maximum absolute atomic E-state index is 11.7. The van der Waals surface area contributed by atoms with E-state index in [9.17, 15) is 4.79 Å². The molecule has 3 rings (SSSR count). The van der Waals surface area contributed by atoms with E-state index >= 15 is 0 Å². The average Bonchev–Trinajstić information content (AvgIpc) is 2.74. The quantitative estimate of drug-likeness (QED) is 0.587. The van der Waals surface area contributed by atoms with Crippen LogP contribution in [-0.2, 0) is 11.2 Å². The number of aryl methyl sites for hydroxylation is 1. The first kappa shape index (κ1) is 22.4. The zero-order chi connectivity index (χ0) is 20.2. The fourth-order valence-electron chi connectivity index (χ4n) is 2.74. The Balaban J connectivity index is 0.000000855. The van der Waals surface area contributed by atoms with Crippen LogP contribution in [0.1, 0.15) is 53.0 Å². The monoisotopic (exact) mass is 367 g/mol. The summed E-state index contributed by atoms with van der Waals surface area (Å²) in [5.74, 6) is 0.0940. The van der Waals surface area contributed by atoms with E-state index in [1.54, 1.807) is 0 Å². The van der Waals surface area contributed by atoms with Crippen LogP contribution >= 0.6 is 0 Å². The van der Waals surface area contributed by atoms with E-state index in [1.165, 1.54) is 0 Å². The second kappa shape index (κ2) is 11.9. The number of hydrogen-bond acceptors (Lipinski definition) is 3. The van der Waals surface area contributed by atoms with Gasteiger partial charge in [0.2, 0.25) is 5.91 Å². The van der Waals surface area contributed by atoms with Crippen molar-refractivity contribution in [2.75, 3.05) is 12.3 Å². The Bertz CT molecular complexity index is 859. The summed E-state index contributed by atoms with van der Waals surface area (Å²) in [6.07, 6.45) is 2.15. The zero-order valence-corrected chi connectivity index (χ0v) is 17.3. The molecule has 0 unspecified atom stereocenters. The molecule has 4 heteroatoms. The maximum atomic E-state index is 11.7. The second-order valence-electron chi connectivity index (χ2n) is 5.74. The topological polar surface area (TPSA) is 68.0 Å². The van der Waals surface area contributed by atoms with Gasteiger partial charge in [-0.15, -0.1) is 0 Å². The van der Waals surface area contributed by atoms with Crippen molar-refractivity contribution in [3.8, 4) is 0 Å².